The summed E-state index contributed by atoms with van der Waals surface area (Å²) in [6.07, 6.45) is 3.21. The van der Waals surface area contributed by atoms with Crippen LogP contribution in [-0.4, -0.2) is 18.5 Å². The lowest BCUT2D eigenvalue weighted by molar-refractivity contribution is -0.108. The standard InChI is InChI=1S/C6H10O2/c1-2-3-5-6(4-7)8-5/h4-6H,2-3H2,1H3/t5-,6+/m0/s1. The number of hydrogen-bond donors (Lipinski definition) is 0. The topological polar surface area (TPSA) is 29.6 Å². The number of carbonyl (C=O) groups excluding carboxylic acids is 1. The van der Waals surface area contributed by atoms with Crippen LogP contribution in [0.15, 0.2) is 0 Å². The first-order valence-electron chi connectivity index (χ1n) is 2.99. The van der Waals surface area contributed by atoms with Gasteiger partial charge < -0.3 is 9.53 Å². The van der Waals surface area contributed by atoms with Gasteiger partial charge in [0.25, 0.3) is 0 Å². The van der Waals surface area contributed by atoms with Crippen molar-refractivity contribution in [1.29, 1.82) is 0 Å². The number of hydrogen-bond acceptors (Lipinski definition) is 2. The van der Waals surface area contributed by atoms with Crippen molar-refractivity contribution in [3.05, 3.63) is 0 Å². The molecule has 46 valence electrons. The Morgan fingerprint density at radius 2 is 2.50 bits per heavy atom. The van der Waals surface area contributed by atoms with Gasteiger partial charge in [0, 0.05) is 0 Å². The summed E-state index contributed by atoms with van der Waals surface area (Å²) >= 11 is 0. The van der Waals surface area contributed by atoms with Crippen molar-refractivity contribution < 1.29 is 9.53 Å². The van der Waals surface area contributed by atoms with Gasteiger partial charge in [0.1, 0.15) is 6.10 Å². The molecule has 1 rings (SSSR count). The molecule has 0 saturated carbocycles. The molecule has 0 unspecified atom stereocenters. The molecule has 0 radical (unpaired) electrons. The molecule has 0 N–H and O–H groups in total. The monoisotopic (exact) mass is 114 g/mol. The molecule has 0 aromatic heterocycles. The lowest BCUT2D eigenvalue weighted by Gasteiger charge is -1.81. The molecule has 2 nitrogen and oxygen atoms in total. The van der Waals surface area contributed by atoms with E-state index >= 15 is 0 Å². The number of rotatable bonds is 3. The molecule has 8 heavy (non-hydrogen) atoms. The Morgan fingerprint density at radius 3 is 2.88 bits per heavy atom. The highest BCUT2D eigenvalue weighted by atomic mass is 16.6. The highest BCUT2D eigenvalue weighted by Gasteiger charge is 2.36. The van der Waals surface area contributed by atoms with Crippen LogP contribution in [0.25, 0.3) is 0 Å². The van der Waals surface area contributed by atoms with Crippen LogP contribution < -0.4 is 0 Å². The molecule has 1 aliphatic heterocycles. The highest BCUT2D eigenvalue weighted by molar-refractivity contribution is 5.60. The van der Waals surface area contributed by atoms with Gasteiger partial charge >= 0.3 is 0 Å². The second-order valence-corrected chi connectivity index (χ2v) is 2.06. The van der Waals surface area contributed by atoms with E-state index < -0.39 is 0 Å². The smallest absolute Gasteiger partial charge is 0.151 e. The summed E-state index contributed by atoms with van der Waals surface area (Å²) < 4.78 is 4.94. The molecular formula is C6H10O2. The molecule has 1 saturated heterocycles. The van der Waals surface area contributed by atoms with Crippen molar-refractivity contribution in [2.75, 3.05) is 0 Å². The van der Waals surface area contributed by atoms with Crippen LogP contribution in [0.4, 0.5) is 0 Å². The Morgan fingerprint density at radius 1 is 1.75 bits per heavy atom. The average Bonchev–Trinajstić information content (AvgIpc) is 2.48. The van der Waals surface area contributed by atoms with Gasteiger partial charge in [0.05, 0.1) is 6.10 Å². The van der Waals surface area contributed by atoms with Crippen LogP contribution in [0, 0.1) is 0 Å². The van der Waals surface area contributed by atoms with Crippen molar-refractivity contribution in [3.8, 4) is 0 Å². The maximum absolute atomic E-state index is 9.93. The minimum Gasteiger partial charge on any atom is -0.362 e. The SMILES string of the molecule is CCC[C@@H]1O[C@@H]1C=O. The lowest BCUT2D eigenvalue weighted by atomic mass is 10.2. The zero-order valence-electron chi connectivity index (χ0n) is 4.96. The highest BCUT2D eigenvalue weighted by Crippen LogP contribution is 2.23. The van der Waals surface area contributed by atoms with Crippen LogP contribution in [0.3, 0.4) is 0 Å². The van der Waals surface area contributed by atoms with Gasteiger partial charge in [0.2, 0.25) is 0 Å². The van der Waals surface area contributed by atoms with E-state index in [1.165, 1.54) is 0 Å². The van der Waals surface area contributed by atoms with E-state index in [1.807, 2.05) is 0 Å². The summed E-state index contributed by atoms with van der Waals surface area (Å²) in [5.41, 5.74) is 0. The molecule has 0 amide bonds. The quantitative estimate of drug-likeness (QED) is 0.400. The maximum atomic E-state index is 9.93. The Balaban J connectivity index is 2.07. The van der Waals surface area contributed by atoms with E-state index in [1.54, 1.807) is 0 Å². The number of carbonyl (C=O) groups is 1. The summed E-state index contributed by atoms with van der Waals surface area (Å²) in [6, 6.07) is 0. The third-order valence-corrected chi connectivity index (χ3v) is 1.33. The molecule has 1 fully saturated rings. The molecule has 2 heteroatoms. The third-order valence-electron chi connectivity index (χ3n) is 1.33. The first kappa shape index (κ1) is 5.76. The Bertz CT molecular complexity index is 90.5. The van der Waals surface area contributed by atoms with Gasteiger partial charge in [-0.05, 0) is 6.42 Å². The second-order valence-electron chi connectivity index (χ2n) is 2.06. The van der Waals surface area contributed by atoms with E-state index in [-0.39, 0.29) is 12.2 Å². The Labute approximate surface area is 48.8 Å². The van der Waals surface area contributed by atoms with Crippen molar-refractivity contribution in [2.24, 2.45) is 0 Å². The van der Waals surface area contributed by atoms with Gasteiger partial charge in [-0.1, -0.05) is 13.3 Å². The van der Waals surface area contributed by atoms with Crippen molar-refractivity contribution in [1.82, 2.24) is 0 Å². The van der Waals surface area contributed by atoms with Gasteiger partial charge in [-0.3, -0.25) is 0 Å². The zero-order chi connectivity index (χ0) is 5.98. The second kappa shape index (κ2) is 2.27. The number of epoxide rings is 1. The minimum atomic E-state index is -0.0602. The number of ether oxygens (including phenoxy) is 1. The van der Waals surface area contributed by atoms with Crippen LogP contribution in [-0.2, 0) is 9.53 Å². The molecule has 1 heterocycles. The molecule has 0 aromatic carbocycles. The van der Waals surface area contributed by atoms with E-state index in [9.17, 15) is 4.79 Å². The van der Waals surface area contributed by atoms with Gasteiger partial charge in [0.15, 0.2) is 6.29 Å². The van der Waals surface area contributed by atoms with E-state index in [0.717, 1.165) is 19.1 Å². The molecule has 0 aromatic rings. The summed E-state index contributed by atoms with van der Waals surface area (Å²) in [6.45, 7) is 2.09. The minimum absolute atomic E-state index is 0.0602. The third kappa shape index (κ3) is 1.07. The van der Waals surface area contributed by atoms with E-state index in [0.29, 0.717) is 0 Å². The molecule has 0 aliphatic carbocycles. The Hall–Kier alpha value is -0.370. The summed E-state index contributed by atoms with van der Waals surface area (Å²) in [5.74, 6) is 0. The van der Waals surface area contributed by atoms with Crippen LogP contribution in [0.2, 0.25) is 0 Å². The largest absolute Gasteiger partial charge is 0.362 e. The van der Waals surface area contributed by atoms with Gasteiger partial charge in [-0.25, -0.2) is 0 Å². The summed E-state index contributed by atoms with van der Waals surface area (Å²) in [5, 5.41) is 0. The van der Waals surface area contributed by atoms with Crippen molar-refractivity contribution in [3.63, 3.8) is 0 Å². The zero-order valence-corrected chi connectivity index (χ0v) is 4.96. The fourth-order valence-corrected chi connectivity index (χ4v) is 0.793. The average molecular weight is 114 g/mol. The summed E-state index contributed by atoms with van der Waals surface area (Å²) in [7, 11) is 0. The van der Waals surface area contributed by atoms with Crippen LogP contribution in [0.5, 0.6) is 0 Å². The maximum Gasteiger partial charge on any atom is 0.151 e. The molecule has 0 bridgehead atoms. The summed E-state index contributed by atoms with van der Waals surface area (Å²) in [4.78, 5) is 9.93. The Kier molecular flexibility index (Phi) is 1.63. The first-order valence-corrected chi connectivity index (χ1v) is 2.99. The lowest BCUT2D eigenvalue weighted by Crippen LogP contribution is -1.92. The van der Waals surface area contributed by atoms with Crippen LogP contribution in [0.1, 0.15) is 19.8 Å². The normalized spacial score (nSPS) is 34.6. The molecule has 2 atom stereocenters. The van der Waals surface area contributed by atoms with Crippen molar-refractivity contribution >= 4 is 6.29 Å². The fraction of sp³-hybridized carbons (Fsp3) is 0.833. The molecule has 1 aliphatic rings. The fourth-order valence-electron chi connectivity index (χ4n) is 0.793. The number of aldehydes is 1. The molecule has 0 spiro atoms. The predicted octanol–water partition coefficient (Wildman–Crippen LogP) is 0.753. The predicted molar refractivity (Wildman–Crippen MR) is 29.6 cm³/mol. The van der Waals surface area contributed by atoms with Gasteiger partial charge in [-0.15, -0.1) is 0 Å². The van der Waals surface area contributed by atoms with E-state index in [2.05, 4.69) is 6.92 Å². The first-order chi connectivity index (χ1) is 3.88. The molecular weight excluding hydrogens is 104 g/mol. The van der Waals surface area contributed by atoms with Gasteiger partial charge in [-0.2, -0.15) is 0 Å². The van der Waals surface area contributed by atoms with E-state index in [4.69, 9.17) is 4.74 Å². The van der Waals surface area contributed by atoms with Crippen LogP contribution >= 0.6 is 0 Å². The van der Waals surface area contributed by atoms with Crippen molar-refractivity contribution in [2.45, 2.75) is 32.0 Å².